The number of methoxy groups -OCH3 is 2. The van der Waals surface area contributed by atoms with Crippen LogP contribution in [-0.2, 0) is 26.7 Å². The molecule has 0 unspecified atom stereocenters. The van der Waals surface area contributed by atoms with Gasteiger partial charge in [-0.15, -0.1) is 0 Å². The van der Waals surface area contributed by atoms with E-state index in [9.17, 15) is 21.6 Å². The second-order valence-electron chi connectivity index (χ2n) is 9.09. The summed E-state index contributed by atoms with van der Waals surface area (Å²) >= 11 is 0. The summed E-state index contributed by atoms with van der Waals surface area (Å²) in [5, 5.41) is 0. The molecule has 1 saturated carbocycles. The Bertz CT molecular complexity index is 999. The Balaban J connectivity index is 1.95. The summed E-state index contributed by atoms with van der Waals surface area (Å²) in [5.74, 6) is 0.232. The second-order valence-corrected chi connectivity index (χ2v) is 10.6. The molecule has 0 N–H and O–H groups in total. The number of fused-ring (bicyclic) bond motifs is 1. The molecule has 7 nitrogen and oxygen atoms in total. The number of halogens is 3. The number of likely N-dealkylation sites (tertiary alicyclic amines) is 1. The molecule has 3 aliphatic rings. The average molecular weight is 494 g/mol. The summed E-state index contributed by atoms with van der Waals surface area (Å²) in [6, 6.07) is 1.63. The van der Waals surface area contributed by atoms with Gasteiger partial charge < -0.3 is 23.3 Å². The van der Waals surface area contributed by atoms with Crippen LogP contribution in [0.15, 0.2) is 6.07 Å². The number of hydrogen-bond acceptors (Lipinski definition) is 7. The van der Waals surface area contributed by atoms with Crippen molar-refractivity contribution in [3.63, 3.8) is 0 Å². The quantitative estimate of drug-likeness (QED) is 0.326. The maximum atomic E-state index is 13.3. The number of piperidine rings is 1. The third kappa shape index (κ3) is 4.05. The fraction of sp³-hybridized carbons (Fsp3) is 0.727. The summed E-state index contributed by atoms with van der Waals surface area (Å²) in [5.41, 5.74) is -4.83. The van der Waals surface area contributed by atoms with Crippen LogP contribution in [-0.4, -0.2) is 65.9 Å². The van der Waals surface area contributed by atoms with Crippen LogP contribution < -0.4 is 13.7 Å². The monoisotopic (exact) mass is 493 g/mol. The third-order valence-corrected chi connectivity index (χ3v) is 8.46. The summed E-state index contributed by atoms with van der Waals surface area (Å²) in [7, 11) is -0.990. The first-order valence-electron chi connectivity index (χ1n) is 11.1. The van der Waals surface area contributed by atoms with Crippen LogP contribution in [0.3, 0.4) is 0 Å². The molecule has 1 aromatic carbocycles. The topological polar surface area (TPSA) is 74.3 Å². The average Bonchev–Trinajstić information content (AvgIpc) is 2.76. The molecule has 2 fully saturated rings. The highest BCUT2D eigenvalue weighted by molar-refractivity contribution is 7.88. The summed E-state index contributed by atoms with van der Waals surface area (Å²) in [6.07, 6.45) is 4.86. The molecular weight excluding hydrogens is 463 g/mol. The van der Waals surface area contributed by atoms with Gasteiger partial charge in [-0.25, -0.2) is 0 Å². The van der Waals surface area contributed by atoms with Crippen molar-refractivity contribution < 1.29 is 40.0 Å². The number of alkyl halides is 3. The normalized spacial score (nSPS) is 27.5. The van der Waals surface area contributed by atoms with Crippen molar-refractivity contribution in [3.8, 4) is 17.2 Å². The SMILES string of the molecule is COCCOc1cc(OC)c(OS(=O)(=O)C(F)(F)F)c2c1C[C@H]1[C@H]3CCCC[C@@]23CCN1C. The molecule has 1 heterocycles. The molecule has 1 aliphatic heterocycles. The zero-order chi connectivity index (χ0) is 24.0. The molecule has 0 radical (unpaired) electrons. The van der Waals surface area contributed by atoms with Crippen molar-refractivity contribution in [3.05, 3.63) is 17.2 Å². The fourth-order valence-electron chi connectivity index (χ4n) is 6.07. The highest BCUT2D eigenvalue weighted by Gasteiger charge is 2.57. The number of rotatable bonds is 7. The zero-order valence-electron chi connectivity index (χ0n) is 19.0. The third-order valence-electron chi connectivity index (χ3n) is 7.50. The predicted molar refractivity (Wildman–Crippen MR) is 114 cm³/mol. The molecule has 0 amide bonds. The summed E-state index contributed by atoms with van der Waals surface area (Å²) in [6.45, 7) is 1.34. The Labute approximate surface area is 192 Å². The Morgan fingerprint density at radius 2 is 1.91 bits per heavy atom. The molecular formula is C22H30F3NO6S. The van der Waals surface area contributed by atoms with Crippen LogP contribution in [0.1, 0.15) is 43.2 Å². The first-order valence-corrected chi connectivity index (χ1v) is 12.5. The van der Waals surface area contributed by atoms with Crippen LogP contribution >= 0.6 is 0 Å². The van der Waals surface area contributed by atoms with Crippen LogP contribution in [0.25, 0.3) is 0 Å². The van der Waals surface area contributed by atoms with E-state index in [-0.39, 0.29) is 30.1 Å². The van der Waals surface area contributed by atoms with Crippen molar-refractivity contribution in [1.82, 2.24) is 4.90 Å². The highest BCUT2D eigenvalue weighted by atomic mass is 32.2. The Morgan fingerprint density at radius 3 is 2.58 bits per heavy atom. The van der Waals surface area contributed by atoms with Crippen molar-refractivity contribution in [2.45, 2.75) is 55.5 Å². The Hall–Kier alpha value is -1.72. The molecule has 2 aliphatic carbocycles. The molecule has 2 bridgehead atoms. The van der Waals surface area contributed by atoms with E-state index in [1.165, 1.54) is 13.2 Å². The van der Waals surface area contributed by atoms with Crippen LogP contribution in [0, 0.1) is 5.92 Å². The van der Waals surface area contributed by atoms with E-state index in [4.69, 9.17) is 18.4 Å². The Kier molecular flexibility index (Phi) is 6.52. The number of hydrogen-bond donors (Lipinski definition) is 0. The van der Waals surface area contributed by atoms with Gasteiger partial charge in [0.05, 0.1) is 13.7 Å². The lowest BCUT2D eigenvalue weighted by molar-refractivity contribution is -0.0503. The van der Waals surface area contributed by atoms with Crippen molar-refractivity contribution >= 4 is 10.1 Å². The second kappa shape index (κ2) is 8.81. The predicted octanol–water partition coefficient (Wildman–Crippen LogP) is 3.64. The van der Waals surface area contributed by atoms with Gasteiger partial charge in [-0.3, -0.25) is 0 Å². The summed E-state index contributed by atoms with van der Waals surface area (Å²) in [4.78, 5) is 2.30. The Morgan fingerprint density at radius 1 is 1.15 bits per heavy atom. The van der Waals surface area contributed by atoms with E-state index < -0.39 is 21.0 Å². The van der Waals surface area contributed by atoms with Crippen LogP contribution in [0.5, 0.6) is 17.2 Å². The maximum absolute atomic E-state index is 13.3. The van der Waals surface area contributed by atoms with E-state index in [0.717, 1.165) is 32.2 Å². The lowest BCUT2D eigenvalue weighted by Gasteiger charge is -2.58. The van der Waals surface area contributed by atoms with E-state index in [2.05, 4.69) is 11.9 Å². The van der Waals surface area contributed by atoms with Gasteiger partial charge in [0.25, 0.3) is 0 Å². The van der Waals surface area contributed by atoms with Gasteiger partial charge in [0.1, 0.15) is 12.4 Å². The summed E-state index contributed by atoms with van der Waals surface area (Å²) < 4.78 is 85.4. The lowest BCUT2D eigenvalue weighted by atomic mass is 9.52. The number of nitrogens with zero attached hydrogens (tertiary/aromatic N) is 1. The van der Waals surface area contributed by atoms with E-state index in [1.54, 1.807) is 7.11 Å². The lowest BCUT2D eigenvalue weighted by Crippen LogP contribution is -2.60. The number of likely N-dealkylation sites (N-methyl/N-ethyl adjacent to an activating group) is 1. The molecule has 0 aromatic heterocycles. The fourth-order valence-corrected chi connectivity index (χ4v) is 6.55. The molecule has 0 spiro atoms. The van der Waals surface area contributed by atoms with Crippen LogP contribution in [0.4, 0.5) is 13.2 Å². The minimum atomic E-state index is -5.88. The smallest absolute Gasteiger partial charge is 0.493 e. The first kappa shape index (κ1) is 24.4. The van der Waals surface area contributed by atoms with Crippen molar-refractivity contribution in [2.24, 2.45) is 5.92 Å². The van der Waals surface area contributed by atoms with Gasteiger partial charge in [-0.05, 0) is 45.2 Å². The van der Waals surface area contributed by atoms with Gasteiger partial charge in [-0.1, -0.05) is 12.8 Å². The minimum Gasteiger partial charge on any atom is -0.493 e. The molecule has 11 heteroatoms. The molecule has 186 valence electrons. The molecule has 3 atom stereocenters. The molecule has 1 saturated heterocycles. The molecule has 33 heavy (non-hydrogen) atoms. The number of ether oxygens (including phenoxy) is 3. The molecule has 4 rings (SSSR count). The van der Waals surface area contributed by atoms with Gasteiger partial charge >= 0.3 is 15.6 Å². The largest absolute Gasteiger partial charge is 0.534 e. The van der Waals surface area contributed by atoms with Crippen molar-refractivity contribution in [2.75, 3.05) is 41.0 Å². The van der Waals surface area contributed by atoms with Gasteiger partial charge in [0.15, 0.2) is 11.5 Å². The van der Waals surface area contributed by atoms with E-state index in [1.807, 2.05) is 0 Å². The standard InChI is InChI=1S/C22H30F3NO6S/c1-26-9-8-21-7-5-4-6-15(21)16(26)12-14-17(31-11-10-29-2)13-18(30-3)20(19(14)21)32-33(27,28)22(23,24)25/h13,15-16H,4-12H2,1-3H3/t15-,16+,21+/m1/s1. The van der Waals surface area contributed by atoms with Crippen molar-refractivity contribution in [1.29, 1.82) is 0 Å². The van der Waals surface area contributed by atoms with Crippen LogP contribution in [0.2, 0.25) is 0 Å². The maximum Gasteiger partial charge on any atom is 0.534 e. The van der Waals surface area contributed by atoms with Gasteiger partial charge in [0.2, 0.25) is 0 Å². The molecule has 1 aromatic rings. The number of benzene rings is 1. The van der Waals surface area contributed by atoms with E-state index in [0.29, 0.717) is 36.3 Å². The highest BCUT2D eigenvalue weighted by Crippen LogP contribution is 2.61. The first-order chi connectivity index (χ1) is 15.6. The minimum absolute atomic E-state index is 0.0786. The van der Waals surface area contributed by atoms with Gasteiger partial charge in [-0.2, -0.15) is 21.6 Å². The van der Waals surface area contributed by atoms with Gasteiger partial charge in [0, 0.05) is 35.8 Å². The van der Waals surface area contributed by atoms with E-state index >= 15 is 0 Å². The zero-order valence-corrected chi connectivity index (χ0v) is 19.9.